The fraction of sp³-hybridized carbons (Fsp3) is 0.0714. The van der Waals surface area contributed by atoms with Gasteiger partial charge in [-0.2, -0.15) is 0 Å². The van der Waals surface area contributed by atoms with Gasteiger partial charge in [0.15, 0.2) is 0 Å². The first-order valence-electron chi connectivity index (χ1n) is 5.60. The first kappa shape index (κ1) is 14.1. The number of nitrogens with one attached hydrogen (secondary N) is 1. The molecule has 0 atom stereocenters. The molecule has 0 saturated carbocycles. The van der Waals surface area contributed by atoms with Gasteiger partial charge in [-0.3, -0.25) is 0 Å². The largest absolute Gasteiger partial charge is 0.389 e. The minimum Gasteiger partial charge on any atom is -0.389 e. The predicted molar refractivity (Wildman–Crippen MR) is 86.8 cm³/mol. The third-order valence-corrected chi connectivity index (χ3v) is 3.57. The van der Waals surface area contributed by atoms with Crippen LogP contribution in [0.4, 0.5) is 11.4 Å². The quantitative estimate of drug-likeness (QED) is 0.808. The molecule has 0 spiro atoms. The number of halogens is 2. The highest BCUT2D eigenvalue weighted by Gasteiger charge is 2.07. The maximum Gasteiger partial charge on any atom is 0.105 e. The molecule has 3 N–H and O–H groups in total. The van der Waals surface area contributed by atoms with Crippen molar-refractivity contribution in [3.05, 3.63) is 57.6 Å². The van der Waals surface area contributed by atoms with Gasteiger partial charge in [0.25, 0.3) is 0 Å². The summed E-state index contributed by atoms with van der Waals surface area (Å²) in [6.07, 6.45) is 0. The zero-order valence-electron chi connectivity index (χ0n) is 10.2. The Morgan fingerprint density at radius 1 is 1.16 bits per heavy atom. The number of thiocarbonyl (C=S) groups is 1. The van der Waals surface area contributed by atoms with E-state index in [2.05, 4.69) is 5.32 Å². The van der Waals surface area contributed by atoms with Crippen LogP contribution in [0, 0.1) is 6.92 Å². The summed E-state index contributed by atoms with van der Waals surface area (Å²) in [5, 5.41) is 4.42. The number of para-hydroxylation sites is 1. The van der Waals surface area contributed by atoms with Gasteiger partial charge in [0.1, 0.15) is 4.99 Å². The van der Waals surface area contributed by atoms with Crippen molar-refractivity contribution in [1.82, 2.24) is 0 Å². The van der Waals surface area contributed by atoms with Crippen LogP contribution in [0.2, 0.25) is 10.0 Å². The molecule has 2 aromatic carbocycles. The molecule has 0 heterocycles. The minimum atomic E-state index is 0.283. The molecule has 0 bridgehead atoms. The molecule has 5 heteroatoms. The third-order valence-electron chi connectivity index (χ3n) is 2.73. The monoisotopic (exact) mass is 310 g/mol. The average molecular weight is 311 g/mol. The molecule has 0 aliphatic carbocycles. The number of benzene rings is 2. The number of anilines is 2. The second-order valence-corrected chi connectivity index (χ2v) is 5.37. The summed E-state index contributed by atoms with van der Waals surface area (Å²) in [4.78, 5) is 0.283. The Morgan fingerprint density at radius 3 is 2.47 bits per heavy atom. The lowest BCUT2D eigenvalue weighted by atomic mass is 10.1. The molecule has 0 unspecified atom stereocenters. The minimum absolute atomic E-state index is 0.283. The lowest BCUT2D eigenvalue weighted by molar-refractivity contribution is 1.43. The smallest absolute Gasteiger partial charge is 0.105 e. The lowest BCUT2D eigenvalue weighted by Crippen LogP contribution is -2.10. The molecule has 19 heavy (non-hydrogen) atoms. The fourth-order valence-corrected chi connectivity index (χ4v) is 2.51. The fourth-order valence-electron chi connectivity index (χ4n) is 1.73. The normalized spacial score (nSPS) is 10.3. The van der Waals surface area contributed by atoms with E-state index in [1.807, 2.05) is 31.2 Å². The van der Waals surface area contributed by atoms with Crippen molar-refractivity contribution in [3.8, 4) is 0 Å². The van der Waals surface area contributed by atoms with Crippen LogP contribution >= 0.6 is 35.4 Å². The Labute approximate surface area is 127 Å². The van der Waals surface area contributed by atoms with E-state index in [0.717, 1.165) is 16.9 Å². The molecule has 0 aliphatic heterocycles. The summed E-state index contributed by atoms with van der Waals surface area (Å²) >= 11 is 17.2. The van der Waals surface area contributed by atoms with Gasteiger partial charge in [-0.25, -0.2) is 0 Å². The maximum absolute atomic E-state index is 6.16. The van der Waals surface area contributed by atoms with E-state index in [-0.39, 0.29) is 4.99 Å². The van der Waals surface area contributed by atoms with E-state index >= 15 is 0 Å². The highest BCUT2D eigenvalue weighted by molar-refractivity contribution is 7.80. The number of hydrogen-bond acceptors (Lipinski definition) is 2. The van der Waals surface area contributed by atoms with Crippen molar-refractivity contribution in [3.63, 3.8) is 0 Å². The lowest BCUT2D eigenvalue weighted by Gasteiger charge is -2.12. The predicted octanol–water partition coefficient (Wildman–Crippen LogP) is 4.68. The summed E-state index contributed by atoms with van der Waals surface area (Å²) in [6, 6.07) is 11.2. The molecular formula is C14H12Cl2N2S. The van der Waals surface area contributed by atoms with Gasteiger partial charge in [-0.15, -0.1) is 0 Å². The van der Waals surface area contributed by atoms with Gasteiger partial charge in [0, 0.05) is 11.3 Å². The summed E-state index contributed by atoms with van der Waals surface area (Å²) < 4.78 is 0. The first-order chi connectivity index (χ1) is 8.99. The van der Waals surface area contributed by atoms with Crippen LogP contribution in [0.25, 0.3) is 0 Å². The van der Waals surface area contributed by atoms with E-state index in [9.17, 15) is 0 Å². The van der Waals surface area contributed by atoms with Gasteiger partial charge < -0.3 is 11.1 Å². The number of nitrogens with two attached hydrogens (primary N) is 1. The highest BCUT2D eigenvalue weighted by Crippen LogP contribution is 2.30. The Kier molecular flexibility index (Phi) is 4.30. The van der Waals surface area contributed by atoms with Crippen molar-refractivity contribution in [2.45, 2.75) is 6.92 Å². The first-order valence-corrected chi connectivity index (χ1v) is 6.77. The SMILES string of the molecule is Cc1cccc(Cl)c1Nc1ccc(C(N)=S)c(Cl)c1. The summed E-state index contributed by atoms with van der Waals surface area (Å²) in [5.41, 5.74) is 8.99. The Morgan fingerprint density at radius 2 is 1.89 bits per heavy atom. The Balaban J connectivity index is 2.34. The van der Waals surface area contributed by atoms with E-state index < -0.39 is 0 Å². The number of rotatable bonds is 3. The van der Waals surface area contributed by atoms with E-state index in [1.54, 1.807) is 12.1 Å². The molecule has 98 valence electrons. The molecule has 2 rings (SSSR count). The molecule has 0 radical (unpaired) electrons. The topological polar surface area (TPSA) is 38.0 Å². The van der Waals surface area contributed by atoms with Crippen molar-refractivity contribution >= 4 is 51.8 Å². The van der Waals surface area contributed by atoms with Crippen LogP contribution in [0.3, 0.4) is 0 Å². The van der Waals surface area contributed by atoms with Crippen LogP contribution in [-0.4, -0.2) is 4.99 Å². The average Bonchev–Trinajstić information content (AvgIpc) is 2.33. The zero-order chi connectivity index (χ0) is 14.0. The molecule has 0 fully saturated rings. The Bertz CT molecular complexity index is 621. The summed E-state index contributed by atoms with van der Waals surface area (Å²) in [6.45, 7) is 1.99. The van der Waals surface area contributed by atoms with E-state index in [1.165, 1.54) is 0 Å². The van der Waals surface area contributed by atoms with Gasteiger partial charge in [0.05, 0.1) is 15.7 Å². The Hall–Kier alpha value is -1.29. The molecule has 0 aliphatic rings. The van der Waals surface area contributed by atoms with Crippen molar-refractivity contribution < 1.29 is 0 Å². The standard InChI is InChI=1S/C14H12Cl2N2S/c1-8-3-2-4-11(15)13(8)18-9-5-6-10(14(17)19)12(16)7-9/h2-7,18H,1H3,(H2,17,19). The van der Waals surface area contributed by atoms with Crippen molar-refractivity contribution in [2.24, 2.45) is 5.73 Å². The van der Waals surface area contributed by atoms with Gasteiger partial charge in [-0.05, 0) is 36.8 Å². The van der Waals surface area contributed by atoms with E-state index in [0.29, 0.717) is 15.6 Å². The second kappa shape index (κ2) is 5.78. The van der Waals surface area contributed by atoms with Crippen molar-refractivity contribution in [2.75, 3.05) is 5.32 Å². The van der Waals surface area contributed by atoms with E-state index in [4.69, 9.17) is 41.2 Å². The number of hydrogen-bond donors (Lipinski definition) is 2. The van der Waals surface area contributed by atoms with Gasteiger partial charge in [-0.1, -0.05) is 47.6 Å². The van der Waals surface area contributed by atoms with Gasteiger partial charge in [0.2, 0.25) is 0 Å². The third kappa shape index (κ3) is 3.18. The summed E-state index contributed by atoms with van der Waals surface area (Å²) in [5.74, 6) is 0. The number of aryl methyl sites for hydroxylation is 1. The van der Waals surface area contributed by atoms with Crippen LogP contribution in [-0.2, 0) is 0 Å². The van der Waals surface area contributed by atoms with Crippen molar-refractivity contribution in [1.29, 1.82) is 0 Å². The summed E-state index contributed by atoms with van der Waals surface area (Å²) in [7, 11) is 0. The molecule has 0 saturated heterocycles. The molecule has 0 aromatic heterocycles. The van der Waals surface area contributed by atoms with Crippen LogP contribution in [0.1, 0.15) is 11.1 Å². The van der Waals surface area contributed by atoms with Crippen LogP contribution in [0.5, 0.6) is 0 Å². The van der Waals surface area contributed by atoms with Crippen LogP contribution < -0.4 is 11.1 Å². The van der Waals surface area contributed by atoms with Crippen LogP contribution in [0.15, 0.2) is 36.4 Å². The zero-order valence-corrected chi connectivity index (χ0v) is 12.5. The molecule has 2 aromatic rings. The second-order valence-electron chi connectivity index (χ2n) is 4.12. The molecule has 2 nitrogen and oxygen atoms in total. The molecular weight excluding hydrogens is 299 g/mol. The molecule has 0 amide bonds. The maximum atomic E-state index is 6.16. The van der Waals surface area contributed by atoms with Gasteiger partial charge >= 0.3 is 0 Å². The highest BCUT2D eigenvalue weighted by atomic mass is 35.5.